The second kappa shape index (κ2) is 5.68. The Morgan fingerprint density at radius 1 is 1.00 bits per heavy atom. The maximum atomic E-state index is 12.8. The van der Waals surface area contributed by atoms with E-state index in [-0.39, 0.29) is 5.97 Å². The Morgan fingerprint density at radius 3 is 2.32 bits per heavy atom. The molecular weight excluding hydrogens is 338 g/mol. The molecule has 4 rings (SSSR count). The summed E-state index contributed by atoms with van der Waals surface area (Å²) in [6, 6.07) is 14.3. The van der Waals surface area contributed by atoms with Gasteiger partial charge in [0.2, 0.25) is 10.0 Å². The second-order valence-corrected chi connectivity index (χ2v) is 8.58. The number of carbonyl (C=O) groups is 1. The third kappa shape index (κ3) is 2.56. The predicted molar refractivity (Wildman–Crippen MR) is 92.7 cm³/mol. The number of fused-ring (bicyclic) bond motifs is 2. The van der Waals surface area contributed by atoms with Gasteiger partial charge in [-0.05, 0) is 25.1 Å². The number of piperidine rings is 1. The molecule has 25 heavy (non-hydrogen) atoms. The van der Waals surface area contributed by atoms with Crippen molar-refractivity contribution in [3.05, 3.63) is 65.2 Å². The van der Waals surface area contributed by atoms with Gasteiger partial charge in [0.25, 0.3) is 0 Å². The molecule has 0 bridgehead atoms. The summed E-state index contributed by atoms with van der Waals surface area (Å²) in [4.78, 5) is 12.4. The van der Waals surface area contributed by atoms with Gasteiger partial charge in [-0.2, -0.15) is 4.31 Å². The molecule has 2 aliphatic rings. The molecule has 2 aromatic rings. The molecule has 0 amide bonds. The van der Waals surface area contributed by atoms with Crippen LogP contribution in [0.3, 0.4) is 0 Å². The summed E-state index contributed by atoms with van der Waals surface area (Å²) in [7, 11) is -3.52. The molecule has 2 aliphatic heterocycles. The third-order valence-electron chi connectivity index (χ3n) is 5.11. The lowest BCUT2D eigenvalue weighted by molar-refractivity contribution is -0.0329. The van der Waals surface area contributed by atoms with Crippen LogP contribution >= 0.6 is 0 Å². The van der Waals surface area contributed by atoms with Gasteiger partial charge < -0.3 is 4.74 Å². The van der Waals surface area contributed by atoms with Crippen LogP contribution in [0.5, 0.6) is 0 Å². The van der Waals surface area contributed by atoms with Crippen molar-refractivity contribution in [1.29, 1.82) is 0 Å². The van der Waals surface area contributed by atoms with E-state index >= 15 is 0 Å². The van der Waals surface area contributed by atoms with Crippen LogP contribution in [-0.2, 0) is 20.4 Å². The zero-order valence-corrected chi connectivity index (χ0v) is 14.8. The van der Waals surface area contributed by atoms with Gasteiger partial charge in [0, 0.05) is 31.5 Å². The SMILES string of the molecule is Cc1ccc(S(=O)(=O)N2CCC3(CC2)OC(=O)c2ccccc23)cc1. The maximum absolute atomic E-state index is 12.8. The molecule has 2 aromatic carbocycles. The minimum absolute atomic E-state index is 0.304. The van der Waals surface area contributed by atoms with Crippen molar-refractivity contribution in [3.8, 4) is 0 Å². The van der Waals surface area contributed by atoms with Crippen LogP contribution in [0.25, 0.3) is 0 Å². The molecule has 0 aromatic heterocycles. The molecular formula is C19H19NO4S. The number of ether oxygens (including phenoxy) is 1. The van der Waals surface area contributed by atoms with Gasteiger partial charge in [0.1, 0.15) is 5.60 Å². The minimum Gasteiger partial charge on any atom is -0.450 e. The summed E-state index contributed by atoms with van der Waals surface area (Å²) in [5.74, 6) is -0.314. The quantitative estimate of drug-likeness (QED) is 0.776. The van der Waals surface area contributed by atoms with Crippen LogP contribution in [0, 0.1) is 6.92 Å². The van der Waals surface area contributed by atoms with Crippen molar-refractivity contribution in [2.45, 2.75) is 30.3 Å². The molecule has 2 heterocycles. The average molecular weight is 357 g/mol. The van der Waals surface area contributed by atoms with Crippen molar-refractivity contribution in [3.63, 3.8) is 0 Å². The largest absolute Gasteiger partial charge is 0.450 e. The van der Waals surface area contributed by atoms with E-state index in [1.807, 2.05) is 25.1 Å². The summed E-state index contributed by atoms with van der Waals surface area (Å²) in [6.45, 7) is 2.59. The Morgan fingerprint density at radius 2 is 1.64 bits per heavy atom. The monoisotopic (exact) mass is 357 g/mol. The van der Waals surface area contributed by atoms with Crippen molar-refractivity contribution in [2.24, 2.45) is 0 Å². The Bertz CT molecular complexity index is 926. The van der Waals surface area contributed by atoms with E-state index in [0.717, 1.165) is 11.1 Å². The molecule has 0 N–H and O–H groups in total. The summed E-state index contributed by atoms with van der Waals surface area (Å²) in [5.41, 5.74) is 1.81. The molecule has 0 saturated carbocycles. The van der Waals surface area contributed by atoms with Gasteiger partial charge in [0.05, 0.1) is 10.5 Å². The van der Waals surface area contributed by atoms with E-state index < -0.39 is 15.6 Å². The number of hydrogen-bond donors (Lipinski definition) is 0. The lowest BCUT2D eigenvalue weighted by atomic mass is 9.84. The summed E-state index contributed by atoms with van der Waals surface area (Å²) in [6.07, 6.45) is 0.946. The van der Waals surface area contributed by atoms with Crippen molar-refractivity contribution in [2.75, 3.05) is 13.1 Å². The van der Waals surface area contributed by atoms with E-state index in [1.54, 1.807) is 30.3 Å². The molecule has 0 aliphatic carbocycles. The van der Waals surface area contributed by atoms with Crippen molar-refractivity contribution >= 4 is 16.0 Å². The zero-order chi connectivity index (χ0) is 17.7. The fraction of sp³-hybridized carbons (Fsp3) is 0.316. The molecule has 1 fully saturated rings. The van der Waals surface area contributed by atoms with Crippen LogP contribution in [0.2, 0.25) is 0 Å². The molecule has 0 unspecified atom stereocenters. The Labute approximate surface area is 147 Å². The van der Waals surface area contributed by atoms with Crippen LogP contribution in [-0.4, -0.2) is 31.8 Å². The molecule has 0 atom stereocenters. The fourth-order valence-electron chi connectivity index (χ4n) is 3.66. The lowest BCUT2D eigenvalue weighted by Crippen LogP contribution is -2.45. The highest BCUT2D eigenvalue weighted by Gasteiger charge is 2.48. The maximum Gasteiger partial charge on any atom is 0.339 e. The molecule has 130 valence electrons. The number of benzene rings is 2. The number of esters is 1. The fourth-order valence-corrected chi connectivity index (χ4v) is 5.11. The van der Waals surface area contributed by atoms with E-state index in [0.29, 0.717) is 36.4 Å². The first-order valence-electron chi connectivity index (χ1n) is 8.32. The normalized spacial score (nSPS) is 19.6. The standard InChI is InChI=1S/C19H19NO4S/c1-14-6-8-15(9-7-14)25(22,23)20-12-10-19(11-13-20)17-5-3-2-4-16(17)18(21)24-19/h2-9H,10-13H2,1H3. The minimum atomic E-state index is -3.52. The van der Waals surface area contributed by atoms with Crippen LogP contribution < -0.4 is 0 Å². The zero-order valence-electron chi connectivity index (χ0n) is 13.9. The highest BCUT2D eigenvalue weighted by atomic mass is 32.2. The highest BCUT2D eigenvalue weighted by molar-refractivity contribution is 7.89. The second-order valence-electron chi connectivity index (χ2n) is 6.65. The van der Waals surface area contributed by atoms with Crippen molar-refractivity contribution < 1.29 is 17.9 Å². The van der Waals surface area contributed by atoms with E-state index in [4.69, 9.17) is 4.74 Å². The molecule has 5 nitrogen and oxygen atoms in total. The molecule has 1 saturated heterocycles. The number of sulfonamides is 1. The smallest absolute Gasteiger partial charge is 0.339 e. The summed E-state index contributed by atoms with van der Waals surface area (Å²) in [5, 5.41) is 0. The van der Waals surface area contributed by atoms with Crippen LogP contribution in [0.4, 0.5) is 0 Å². The predicted octanol–water partition coefficient (Wildman–Crippen LogP) is 2.85. The van der Waals surface area contributed by atoms with Crippen molar-refractivity contribution in [1.82, 2.24) is 4.31 Å². The van der Waals surface area contributed by atoms with E-state index in [9.17, 15) is 13.2 Å². The average Bonchev–Trinajstić information content (AvgIpc) is 2.88. The lowest BCUT2D eigenvalue weighted by Gasteiger charge is -2.37. The first-order chi connectivity index (χ1) is 11.9. The van der Waals surface area contributed by atoms with Crippen LogP contribution in [0.1, 0.15) is 34.3 Å². The van der Waals surface area contributed by atoms with Gasteiger partial charge >= 0.3 is 5.97 Å². The number of carbonyl (C=O) groups excluding carboxylic acids is 1. The highest BCUT2D eigenvalue weighted by Crippen LogP contribution is 2.44. The number of aryl methyl sites for hydroxylation is 1. The van der Waals surface area contributed by atoms with Gasteiger partial charge in [0.15, 0.2) is 0 Å². The Balaban J connectivity index is 1.58. The molecule has 1 spiro atoms. The third-order valence-corrected chi connectivity index (χ3v) is 7.03. The van der Waals surface area contributed by atoms with Gasteiger partial charge in [-0.3, -0.25) is 0 Å². The first-order valence-corrected chi connectivity index (χ1v) is 9.76. The molecule has 6 heteroatoms. The van der Waals surface area contributed by atoms with Gasteiger partial charge in [-0.1, -0.05) is 35.9 Å². The topological polar surface area (TPSA) is 63.7 Å². The summed E-state index contributed by atoms with van der Waals surface area (Å²) < 4.78 is 32.8. The molecule has 0 radical (unpaired) electrons. The number of hydrogen-bond acceptors (Lipinski definition) is 4. The Hall–Kier alpha value is -2.18. The van der Waals surface area contributed by atoms with E-state index in [2.05, 4.69) is 0 Å². The van der Waals surface area contributed by atoms with Gasteiger partial charge in [-0.15, -0.1) is 0 Å². The van der Waals surface area contributed by atoms with Gasteiger partial charge in [-0.25, -0.2) is 13.2 Å². The van der Waals surface area contributed by atoms with Crippen LogP contribution in [0.15, 0.2) is 53.4 Å². The first kappa shape index (κ1) is 16.3. The number of nitrogens with zero attached hydrogens (tertiary/aromatic N) is 1. The summed E-state index contributed by atoms with van der Waals surface area (Å²) >= 11 is 0. The number of rotatable bonds is 2. The van der Waals surface area contributed by atoms with E-state index in [1.165, 1.54) is 4.31 Å². The Kier molecular flexibility index (Phi) is 3.70.